The number of aliphatic hydroxyl groups is 1. The second kappa shape index (κ2) is 5.82. The summed E-state index contributed by atoms with van der Waals surface area (Å²) in [5, 5.41) is 11.0. The predicted octanol–water partition coefficient (Wildman–Crippen LogP) is 2.87. The molecule has 6 heteroatoms. The Balaban J connectivity index is 2.26. The van der Waals surface area contributed by atoms with Gasteiger partial charge in [0.1, 0.15) is 11.9 Å². The number of carbonyl (C=O) groups is 1. The van der Waals surface area contributed by atoms with Gasteiger partial charge in [0.05, 0.1) is 12.7 Å². The zero-order valence-corrected chi connectivity index (χ0v) is 11.6. The molecule has 1 aliphatic heterocycles. The SMILES string of the molecule is CCOC1=CC(=O)OC1C(O)c1ccc(Cl)cc1Cl. The fourth-order valence-electron chi connectivity index (χ4n) is 1.83. The van der Waals surface area contributed by atoms with E-state index >= 15 is 0 Å². The molecule has 1 heterocycles. The Bertz CT molecular complexity index is 527. The summed E-state index contributed by atoms with van der Waals surface area (Å²) in [4.78, 5) is 11.3. The fraction of sp³-hybridized carbons (Fsp3) is 0.308. The smallest absolute Gasteiger partial charge is 0.335 e. The highest BCUT2D eigenvalue weighted by molar-refractivity contribution is 6.35. The Hall–Kier alpha value is -1.23. The maximum absolute atomic E-state index is 11.3. The van der Waals surface area contributed by atoms with Crippen molar-refractivity contribution in [3.05, 3.63) is 45.6 Å². The molecule has 0 saturated heterocycles. The Morgan fingerprint density at radius 1 is 1.47 bits per heavy atom. The second-order valence-electron chi connectivity index (χ2n) is 3.95. The lowest BCUT2D eigenvalue weighted by Gasteiger charge is -2.21. The third-order valence-electron chi connectivity index (χ3n) is 2.66. The van der Waals surface area contributed by atoms with Gasteiger partial charge in [0.15, 0.2) is 6.10 Å². The second-order valence-corrected chi connectivity index (χ2v) is 4.79. The van der Waals surface area contributed by atoms with E-state index in [-0.39, 0.29) is 0 Å². The van der Waals surface area contributed by atoms with Crippen LogP contribution in [-0.2, 0) is 14.3 Å². The molecule has 102 valence electrons. The zero-order valence-electron chi connectivity index (χ0n) is 10.1. The minimum absolute atomic E-state index is 0.297. The number of carbonyl (C=O) groups excluding carboxylic acids is 1. The summed E-state index contributed by atoms with van der Waals surface area (Å²) in [6.45, 7) is 2.16. The summed E-state index contributed by atoms with van der Waals surface area (Å²) in [5.74, 6) is -0.247. The van der Waals surface area contributed by atoms with E-state index in [0.29, 0.717) is 28.0 Å². The quantitative estimate of drug-likeness (QED) is 0.869. The van der Waals surface area contributed by atoms with Crippen LogP contribution in [-0.4, -0.2) is 23.8 Å². The van der Waals surface area contributed by atoms with E-state index in [1.807, 2.05) is 0 Å². The first-order chi connectivity index (χ1) is 9.02. The molecule has 19 heavy (non-hydrogen) atoms. The molecule has 0 saturated carbocycles. The Morgan fingerprint density at radius 3 is 2.84 bits per heavy atom. The lowest BCUT2D eigenvalue weighted by Crippen LogP contribution is -2.23. The number of cyclic esters (lactones) is 1. The highest BCUT2D eigenvalue weighted by Gasteiger charge is 2.35. The third-order valence-corrected chi connectivity index (χ3v) is 3.22. The van der Waals surface area contributed by atoms with E-state index in [1.165, 1.54) is 12.1 Å². The third kappa shape index (κ3) is 3.03. The number of benzene rings is 1. The van der Waals surface area contributed by atoms with Crippen LogP contribution in [0.4, 0.5) is 0 Å². The fourth-order valence-corrected chi connectivity index (χ4v) is 2.35. The van der Waals surface area contributed by atoms with Crippen molar-refractivity contribution in [3.63, 3.8) is 0 Å². The van der Waals surface area contributed by atoms with Crippen LogP contribution in [0, 0.1) is 0 Å². The molecule has 0 radical (unpaired) electrons. The topological polar surface area (TPSA) is 55.8 Å². The highest BCUT2D eigenvalue weighted by Crippen LogP contribution is 2.34. The lowest BCUT2D eigenvalue weighted by molar-refractivity contribution is -0.144. The van der Waals surface area contributed by atoms with Gasteiger partial charge in [0.25, 0.3) is 0 Å². The zero-order chi connectivity index (χ0) is 14.0. The molecule has 2 unspecified atom stereocenters. The van der Waals surface area contributed by atoms with Crippen LogP contribution in [0.5, 0.6) is 0 Å². The number of aliphatic hydroxyl groups excluding tert-OH is 1. The average Bonchev–Trinajstić information content (AvgIpc) is 2.70. The van der Waals surface area contributed by atoms with E-state index in [9.17, 15) is 9.90 Å². The van der Waals surface area contributed by atoms with Gasteiger partial charge in [-0.1, -0.05) is 29.3 Å². The molecule has 1 aromatic carbocycles. The monoisotopic (exact) mass is 302 g/mol. The van der Waals surface area contributed by atoms with Gasteiger partial charge in [-0.2, -0.15) is 0 Å². The van der Waals surface area contributed by atoms with Crippen LogP contribution in [0.15, 0.2) is 30.0 Å². The van der Waals surface area contributed by atoms with Gasteiger partial charge in [-0.05, 0) is 19.1 Å². The molecular formula is C13H12Cl2O4. The molecule has 2 atom stereocenters. The standard InChI is InChI=1S/C13H12Cl2O4/c1-2-18-10-6-11(16)19-13(10)12(17)8-4-3-7(14)5-9(8)15/h3-6,12-13,17H,2H2,1H3. The molecule has 0 aliphatic carbocycles. The number of ether oxygens (including phenoxy) is 2. The van der Waals surface area contributed by atoms with Crippen molar-refractivity contribution in [1.82, 2.24) is 0 Å². The van der Waals surface area contributed by atoms with Gasteiger partial charge in [0, 0.05) is 15.6 Å². The molecule has 0 aromatic heterocycles. The van der Waals surface area contributed by atoms with Crippen LogP contribution in [0.2, 0.25) is 10.0 Å². The molecule has 0 spiro atoms. The minimum Gasteiger partial charge on any atom is -0.494 e. The van der Waals surface area contributed by atoms with E-state index in [0.717, 1.165) is 0 Å². The van der Waals surface area contributed by atoms with Crippen LogP contribution < -0.4 is 0 Å². The van der Waals surface area contributed by atoms with Crippen LogP contribution in [0.25, 0.3) is 0 Å². The van der Waals surface area contributed by atoms with Gasteiger partial charge in [-0.3, -0.25) is 0 Å². The van der Waals surface area contributed by atoms with Crippen LogP contribution in [0.3, 0.4) is 0 Å². The van der Waals surface area contributed by atoms with Crippen LogP contribution >= 0.6 is 23.2 Å². The lowest BCUT2D eigenvalue weighted by atomic mass is 10.0. The summed E-state index contributed by atoms with van der Waals surface area (Å²) in [6.07, 6.45) is -0.763. The summed E-state index contributed by atoms with van der Waals surface area (Å²) < 4.78 is 10.3. The molecule has 0 bridgehead atoms. The van der Waals surface area contributed by atoms with Gasteiger partial charge < -0.3 is 14.6 Å². The Morgan fingerprint density at radius 2 is 2.21 bits per heavy atom. The number of hydrogen-bond donors (Lipinski definition) is 1. The molecule has 0 amide bonds. The largest absolute Gasteiger partial charge is 0.494 e. The number of hydrogen-bond acceptors (Lipinski definition) is 4. The number of halogens is 2. The number of esters is 1. The van der Waals surface area contributed by atoms with Crippen molar-refractivity contribution in [2.24, 2.45) is 0 Å². The van der Waals surface area contributed by atoms with Crippen molar-refractivity contribution in [2.75, 3.05) is 6.61 Å². The first-order valence-corrected chi connectivity index (χ1v) is 6.46. The van der Waals surface area contributed by atoms with E-state index in [1.54, 1.807) is 19.1 Å². The van der Waals surface area contributed by atoms with Crippen molar-refractivity contribution in [2.45, 2.75) is 19.1 Å². The summed E-state index contributed by atoms with van der Waals surface area (Å²) in [5.41, 5.74) is 0.427. The van der Waals surface area contributed by atoms with Gasteiger partial charge >= 0.3 is 5.97 Å². The molecule has 0 fully saturated rings. The molecule has 4 nitrogen and oxygen atoms in total. The maximum Gasteiger partial charge on any atom is 0.335 e. The summed E-state index contributed by atoms with van der Waals surface area (Å²) in [6, 6.07) is 4.71. The highest BCUT2D eigenvalue weighted by atomic mass is 35.5. The van der Waals surface area contributed by atoms with E-state index in [2.05, 4.69) is 0 Å². The molecule has 1 N–H and O–H groups in total. The van der Waals surface area contributed by atoms with Crippen molar-refractivity contribution in [1.29, 1.82) is 0 Å². The first kappa shape index (κ1) is 14.2. The molecule has 2 rings (SSSR count). The number of rotatable bonds is 4. The predicted molar refractivity (Wildman–Crippen MR) is 71.0 cm³/mol. The minimum atomic E-state index is -1.10. The normalized spacial score (nSPS) is 19.9. The summed E-state index contributed by atoms with van der Waals surface area (Å²) >= 11 is 11.8. The molecular weight excluding hydrogens is 291 g/mol. The van der Waals surface area contributed by atoms with Crippen molar-refractivity contribution in [3.8, 4) is 0 Å². The average molecular weight is 303 g/mol. The molecule has 1 aromatic rings. The Labute approximate surface area is 120 Å². The van der Waals surface area contributed by atoms with E-state index < -0.39 is 18.2 Å². The Kier molecular flexibility index (Phi) is 4.34. The van der Waals surface area contributed by atoms with Crippen molar-refractivity contribution < 1.29 is 19.4 Å². The van der Waals surface area contributed by atoms with E-state index in [4.69, 9.17) is 32.7 Å². The van der Waals surface area contributed by atoms with Gasteiger partial charge in [-0.15, -0.1) is 0 Å². The summed E-state index contributed by atoms with van der Waals surface area (Å²) in [7, 11) is 0. The van der Waals surface area contributed by atoms with Gasteiger partial charge in [0.2, 0.25) is 0 Å². The maximum atomic E-state index is 11.3. The first-order valence-electron chi connectivity index (χ1n) is 5.71. The van der Waals surface area contributed by atoms with Crippen LogP contribution in [0.1, 0.15) is 18.6 Å². The van der Waals surface area contributed by atoms with Gasteiger partial charge in [-0.25, -0.2) is 4.79 Å². The molecule has 1 aliphatic rings. The van der Waals surface area contributed by atoms with Crippen molar-refractivity contribution >= 4 is 29.2 Å².